The number of rotatable bonds is 3. The summed E-state index contributed by atoms with van der Waals surface area (Å²) in [5.41, 5.74) is 0.976. The highest BCUT2D eigenvalue weighted by Gasteiger charge is 2.34. The summed E-state index contributed by atoms with van der Waals surface area (Å²) in [6.45, 7) is 5.13. The molecule has 0 aliphatic carbocycles. The predicted octanol–water partition coefficient (Wildman–Crippen LogP) is 2.11. The lowest BCUT2D eigenvalue weighted by Gasteiger charge is -2.39. The van der Waals surface area contributed by atoms with E-state index in [1.54, 1.807) is 18.6 Å². The number of nitrogens with zero attached hydrogens (tertiary/aromatic N) is 6. The molecule has 4 rings (SSSR count). The van der Waals surface area contributed by atoms with Crippen molar-refractivity contribution in [1.29, 1.82) is 0 Å². The van der Waals surface area contributed by atoms with Gasteiger partial charge in [0.2, 0.25) is 0 Å². The highest BCUT2D eigenvalue weighted by molar-refractivity contribution is 7.16. The first-order valence-electron chi connectivity index (χ1n) is 7.67. The van der Waals surface area contributed by atoms with Crippen LogP contribution < -0.4 is 0 Å². The summed E-state index contributed by atoms with van der Waals surface area (Å²) in [5, 5.41) is 5.23. The molecule has 0 atom stereocenters. The Morgan fingerprint density at radius 3 is 2.67 bits per heavy atom. The molecular weight excluding hydrogens is 324 g/mol. The first-order chi connectivity index (χ1) is 11.6. The number of pyridine rings is 1. The third-order valence-electron chi connectivity index (χ3n) is 4.05. The largest absolute Gasteiger partial charge is 0.333 e. The Morgan fingerprint density at radius 1 is 1.25 bits per heavy atom. The van der Waals surface area contributed by atoms with E-state index in [4.69, 9.17) is 0 Å². The molecular formula is C16H16N6OS. The normalized spacial score (nSPS) is 14.7. The van der Waals surface area contributed by atoms with Crippen LogP contribution in [0.15, 0.2) is 30.7 Å². The number of carbonyl (C=O) groups excluding carboxylic acids is 1. The summed E-state index contributed by atoms with van der Waals surface area (Å²) < 4.78 is 1.91. The highest BCUT2D eigenvalue weighted by atomic mass is 32.1. The molecule has 0 saturated carbocycles. The standard InChI is InChI=1S/C16H16N6OS/c1-10-19-11(2)22(20-10)13-8-21(9-13)16(23)14-7-18-15(24-14)12-3-5-17-6-4-12/h3-7,13H,8-9H2,1-2H3. The Bertz CT molecular complexity index is 881. The molecule has 0 spiro atoms. The monoisotopic (exact) mass is 340 g/mol. The van der Waals surface area contributed by atoms with Gasteiger partial charge >= 0.3 is 0 Å². The fourth-order valence-corrected chi connectivity index (χ4v) is 3.70. The van der Waals surface area contributed by atoms with Crippen LogP contribution in [0.4, 0.5) is 0 Å². The van der Waals surface area contributed by atoms with Gasteiger partial charge in [0.05, 0.1) is 12.2 Å². The van der Waals surface area contributed by atoms with Crippen LogP contribution in [0.5, 0.6) is 0 Å². The Labute approximate surface area is 143 Å². The number of aryl methyl sites for hydroxylation is 2. The van der Waals surface area contributed by atoms with Gasteiger partial charge in [0.1, 0.15) is 21.5 Å². The van der Waals surface area contributed by atoms with Crippen LogP contribution in [0.2, 0.25) is 0 Å². The quantitative estimate of drug-likeness (QED) is 0.730. The molecule has 7 nitrogen and oxygen atoms in total. The number of likely N-dealkylation sites (tertiary alicyclic amines) is 1. The van der Waals surface area contributed by atoms with Crippen molar-refractivity contribution < 1.29 is 4.79 Å². The SMILES string of the molecule is Cc1nc(C)n(C2CN(C(=O)c3cnc(-c4ccncc4)s3)C2)n1. The van der Waals surface area contributed by atoms with Crippen LogP contribution >= 0.6 is 11.3 Å². The molecule has 0 unspecified atom stereocenters. The molecule has 24 heavy (non-hydrogen) atoms. The summed E-state index contributed by atoms with van der Waals surface area (Å²) in [6, 6.07) is 3.99. The lowest BCUT2D eigenvalue weighted by Crippen LogP contribution is -2.51. The lowest BCUT2D eigenvalue weighted by molar-refractivity contribution is 0.0501. The van der Waals surface area contributed by atoms with Crippen LogP contribution in [-0.4, -0.2) is 48.6 Å². The van der Waals surface area contributed by atoms with E-state index < -0.39 is 0 Å². The fraction of sp³-hybridized carbons (Fsp3) is 0.312. The van der Waals surface area contributed by atoms with E-state index in [2.05, 4.69) is 20.1 Å². The van der Waals surface area contributed by atoms with Gasteiger partial charge in [-0.1, -0.05) is 0 Å². The van der Waals surface area contributed by atoms with Crippen molar-refractivity contribution in [3.8, 4) is 10.6 Å². The topological polar surface area (TPSA) is 76.8 Å². The van der Waals surface area contributed by atoms with Gasteiger partial charge in [-0.05, 0) is 26.0 Å². The number of aromatic nitrogens is 5. The average molecular weight is 340 g/mol. The third-order valence-corrected chi connectivity index (χ3v) is 5.08. The van der Waals surface area contributed by atoms with Crippen molar-refractivity contribution in [2.24, 2.45) is 0 Å². The van der Waals surface area contributed by atoms with Crippen LogP contribution in [0, 0.1) is 13.8 Å². The average Bonchev–Trinajstić information content (AvgIpc) is 3.14. The van der Waals surface area contributed by atoms with Gasteiger partial charge in [0.15, 0.2) is 0 Å². The molecule has 1 fully saturated rings. The zero-order valence-corrected chi connectivity index (χ0v) is 14.2. The van der Waals surface area contributed by atoms with Gasteiger partial charge in [-0.2, -0.15) is 5.10 Å². The van der Waals surface area contributed by atoms with Gasteiger partial charge in [-0.3, -0.25) is 9.78 Å². The molecule has 0 radical (unpaired) electrons. The first kappa shape index (κ1) is 14.9. The molecule has 1 saturated heterocycles. The van der Waals surface area contributed by atoms with Gasteiger partial charge in [0, 0.05) is 31.0 Å². The Hall–Kier alpha value is -2.61. The van der Waals surface area contributed by atoms with E-state index >= 15 is 0 Å². The van der Waals surface area contributed by atoms with E-state index in [0.29, 0.717) is 18.0 Å². The van der Waals surface area contributed by atoms with E-state index in [9.17, 15) is 4.79 Å². The van der Waals surface area contributed by atoms with Crippen molar-refractivity contribution in [2.45, 2.75) is 19.9 Å². The van der Waals surface area contributed by atoms with Crippen molar-refractivity contribution in [1.82, 2.24) is 29.6 Å². The van der Waals surface area contributed by atoms with Crippen molar-refractivity contribution in [2.75, 3.05) is 13.1 Å². The smallest absolute Gasteiger partial charge is 0.265 e. The molecule has 4 heterocycles. The summed E-state index contributed by atoms with van der Waals surface area (Å²) in [7, 11) is 0. The molecule has 0 N–H and O–H groups in total. The highest BCUT2D eigenvalue weighted by Crippen LogP contribution is 2.28. The molecule has 3 aromatic heterocycles. The molecule has 0 bridgehead atoms. The van der Waals surface area contributed by atoms with Crippen LogP contribution in [0.1, 0.15) is 27.4 Å². The maximum absolute atomic E-state index is 12.6. The minimum atomic E-state index is 0.0264. The number of carbonyl (C=O) groups is 1. The second kappa shape index (κ2) is 5.79. The van der Waals surface area contributed by atoms with E-state index in [-0.39, 0.29) is 11.9 Å². The first-order valence-corrected chi connectivity index (χ1v) is 8.48. The lowest BCUT2D eigenvalue weighted by atomic mass is 10.1. The summed E-state index contributed by atoms with van der Waals surface area (Å²) in [5.74, 6) is 1.68. The number of hydrogen-bond acceptors (Lipinski definition) is 6. The second-order valence-corrected chi connectivity index (χ2v) is 6.81. The van der Waals surface area contributed by atoms with Gasteiger partial charge in [-0.25, -0.2) is 14.6 Å². The van der Waals surface area contributed by atoms with E-state index in [1.807, 2.05) is 35.6 Å². The molecule has 1 aliphatic rings. The zero-order valence-electron chi connectivity index (χ0n) is 13.4. The van der Waals surface area contributed by atoms with E-state index in [1.165, 1.54) is 11.3 Å². The van der Waals surface area contributed by atoms with Gasteiger partial charge in [-0.15, -0.1) is 11.3 Å². The van der Waals surface area contributed by atoms with Crippen LogP contribution in [-0.2, 0) is 0 Å². The minimum absolute atomic E-state index is 0.0264. The van der Waals surface area contributed by atoms with E-state index in [0.717, 1.165) is 22.2 Å². The Balaban J connectivity index is 1.45. The Morgan fingerprint density at radius 2 is 2.00 bits per heavy atom. The minimum Gasteiger partial charge on any atom is -0.333 e. The number of thiazole rings is 1. The molecule has 1 aliphatic heterocycles. The van der Waals surface area contributed by atoms with Crippen molar-refractivity contribution in [3.05, 3.63) is 47.2 Å². The maximum Gasteiger partial charge on any atom is 0.265 e. The Kier molecular flexibility index (Phi) is 3.61. The molecule has 8 heteroatoms. The van der Waals surface area contributed by atoms with Gasteiger partial charge < -0.3 is 4.90 Å². The molecule has 0 aromatic carbocycles. The van der Waals surface area contributed by atoms with Crippen molar-refractivity contribution in [3.63, 3.8) is 0 Å². The number of hydrogen-bond donors (Lipinski definition) is 0. The molecule has 122 valence electrons. The summed E-state index contributed by atoms with van der Waals surface area (Å²) >= 11 is 1.41. The van der Waals surface area contributed by atoms with Gasteiger partial charge in [0.25, 0.3) is 5.91 Å². The second-order valence-electron chi connectivity index (χ2n) is 5.78. The zero-order chi connectivity index (χ0) is 16.7. The van der Waals surface area contributed by atoms with Crippen LogP contribution in [0.25, 0.3) is 10.6 Å². The molecule has 1 amide bonds. The third kappa shape index (κ3) is 2.58. The van der Waals surface area contributed by atoms with Crippen molar-refractivity contribution >= 4 is 17.2 Å². The van der Waals surface area contributed by atoms with Crippen LogP contribution in [0.3, 0.4) is 0 Å². The fourth-order valence-electron chi connectivity index (χ4n) is 2.81. The predicted molar refractivity (Wildman–Crippen MR) is 89.8 cm³/mol. The number of amides is 1. The maximum atomic E-state index is 12.6. The molecule has 3 aromatic rings. The summed E-state index contributed by atoms with van der Waals surface area (Å²) in [4.78, 5) is 27.7. The summed E-state index contributed by atoms with van der Waals surface area (Å²) in [6.07, 6.45) is 5.10.